The third-order valence-corrected chi connectivity index (χ3v) is 4.35. The summed E-state index contributed by atoms with van der Waals surface area (Å²) in [6.07, 6.45) is -0.970. The van der Waals surface area contributed by atoms with Crippen molar-refractivity contribution in [2.24, 2.45) is 4.99 Å². The van der Waals surface area contributed by atoms with Crippen LogP contribution in [0, 0.1) is 0 Å². The maximum absolute atomic E-state index is 12.5. The number of hydrogen-bond donors (Lipinski definition) is 2. The molecule has 0 saturated carbocycles. The van der Waals surface area contributed by atoms with Crippen LogP contribution in [0.4, 0.5) is 13.2 Å². The molecule has 1 unspecified atom stereocenters. The molecule has 1 aliphatic heterocycles. The minimum Gasteiger partial charge on any atom is -0.357 e. The molecule has 27 heavy (non-hydrogen) atoms. The highest BCUT2D eigenvalue weighted by Gasteiger charge is 2.34. The molecule has 2 aromatic rings. The molecule has 0 bridgehead atoms. The second kappa shape index (κ2) is 8.55. The first kappa shape index (κ1) is 19.4. The zero-order chi connectivity index (χ0) is 19.3. The van der Waals surface area contributed by atoms with E-state index in [1.54, 1.807) is 0 Å². The van der Waals surface area contributed by atoms with Gasteiger partial charge in [-0.1, -0.05) is 6.07 Å². The molecular weight excluding hydrogens is 359 g/mol. The van der Waals surface area contributed by atoms with Gasteiger partial charge in [-0.25, -0.2) is 0 Å². The predicted molar refractivity (Wildman–Crippen MR) is 96.7 cm³/mol. The van der Waals surface area contributed by atoms with Crippen molar-refractivity contribution in [1.82, 2.24) is 30.1 Å². The second-order valence-electron chi connectivity index (χ2n) is 6.54. The number of rotatable bonds is 6. The maximum atomic E-state index is 12.5. The third kappa shape index (κ3) is 5.56. The lowest BCUT2D eigenvalue weighted by atomic mass is 10.3. The summed E-state index contributed by atoms with van der Waals surface area (Å²) < 4.78 is 39.5. The van der Waals surface area contributed by atoms with Gasteiger partial charge in [-0.05, 0) is 25.5 Å². The van der Waals surface area contributed by atoms with E-state index in [2.05, 4.69) is 25.8 Å². The summed E-state index contributed by atoms with van der Waals surface area (Å²) in [5.41, 5.74) is 0.789. The second-order valence-corrected chi connectivity index (χ2v) is 6.54. The van der Waals surface area contributed by atoms with Gasteiger partial charge in [0.1, 0.15) is 5.82 Å². The minimum absolute atomic E-state index is 0.0425. The van der Waals surface area contributed by atoms with Crippen LogP contribution in [0.15, 0.2) is 29.4 Å². The van der Waals surface area contributed by atoms with Crippen LogP contribution in [-0.2, 0) is 6.42 Å². The number of halogens is 3. The van der Waals surface area contributed by atoms with Gasteiger partial charge in [0, 0.05) is 44.8 Å². The average Bonchev–Trinajstić information content (AvgIpc) is 3.21. The summed E-state index contributed by atoms with van der Waals surface area (Å²) in [5, 5.41) is 14.7. The molecule has 3 heterocycles. The van der Waals surface area contributed by atoms with E-state index in [1.807, 2.05) is 35.7 Å². The number of pyridine rings is 1. The summed E-state index contributed by atoms with van der Waals surface area (Å²) >= 11 is 0. The Hall–Kier alpha value is -2.36. The van der Waals surface area contributed by atoms with Gasteiger partial charge in [-0.15, -0.1) is 10.2 Å². The molecule has 1 atom stereocenters. The summed E-state index contributed by atoms with van der Waals surface area (Å²) in [7, 11) is 0. The summed E-state index contributed by atoms with van der Waals surface area (Å²) in [6, 6.07) is 5.67. The number of likely N-dealkylation sites (tertiary alicyclic amines) is 1. The van der Waals surface area contributed by atoms with Crippen molar-refractivity contribution in [3.63, 3.8) is 0 Å². The molecule has 0 aromatic carbocycles. The number of aliphatic imine (C=N–C) groups is 1. The smallest absolute Gasteiger partial charge is 0.357 e. The van der Waals surface area contributed by atoms with Gasteiger partial charge >= 0.3 is 6.18 Å². The molecule has 0 spiro atoms. The van der Waals surface area contributed by atoms with Crippen LogP contribution in [0.2, 0.25) is 0 Å². The Morgan fingerprint density at radius 2 is 2.19 bits per heavy atom. The highest BCUT2D eigenvalue weighted by atomic mass is 19.4. The minimum atomic E-state index is -4.16. The third-order valence-electron chi connectivity index (χ3n) is 4.35. The zero-order valence-electron chi connectivity index (χ0n) is 15.2. The van der Waals surface area contributed by atoms with Crippen LogP contribution in [0.5, 0.6) is 0 Å². The number of aromatic nitrogens is 3. The molecule has 1 aliphatic rings. The fourth-order valence-corrected chi connectivity index (χ4v) is 3.19. The normalized spacial score (nSPS) is 19.0. The Labute approximate surface area is 155 Å². The maximum Gasteiger partial charge on any atom is 0.401 e. The number of nitrogens with one attached hydrogen (secondary N) is 2. The van der Waals surface area contributed by atoms with Crippen molar-refractivity contribution in [1.29, 1.82) is 0 Å². The van der Waals surface area contributed by atoms with Gasteiger partial charge in [0.2, 0.25) is 0 Å². The zero-order valence-corrected chi connectivity index (χ0v) is 15.2. The molecule has 0 radical (unpaired) electrons. The molecule has 10 heteroatoms. The summed E-state index contributed by atoms with van der Waals surface area (Å²) in [6.45, 7) is 3.07. The lowest BCUT2D eigenvalue weighted by Crippen LogP contribution is -2.45. The monoisotopic (exact) mass is 383 g/mol. The molecule has 0 amide bonds. The molecule has 1 saturated heterocycles. The first-order chi connectivity index (χ1) is 12.9. The van der Waals surface area contributed by atoms with Crippen LogP contribution >= 0.6 is 0 Å². The molecule has 0 aliphatic carbocycles. The van der Waals surface area contributed by atoms with Crippen LogP contribution in [-0.4, -0.2) is 70.4 Å². The van der Waals surface area contributed by atoms with E-state index < -0.39 is 12.7 Å². The van der Waals surface area contributed by atoms with Crippen molar-refractivity contribution in [2.75, 3.05) is 32.7 Å². The Morgan fingerprint density at radius 3 is 2.96 bits per heavy atom. The van der Waals surface area contributed by atoms with Gasteiger partial charge in [0.15, 0.2) is 11.6 Å². The number of guanidine groups is 1. The highest BCUT2D eigenvalue weighted by Crippen LogP contribution is 2.19. The summed E-state index contributed by atoms with van der Waals surface area (Å²) in [5.74, 6) is 1.44. The van der Waals surface area contributed by atoms with Crippen molar-refractivity contribution >= 4 is 11.6 Å². The number of hydrogen-bond acceptors (Lipinski definition) is 4. The fourth-order valence-electron chi connectivity index (χ4n) is 3.19. The lowest BCUT2D eigenvalue weighted by molar-refractivity contribution is -0.143. The molecule has 2 N–H and O–H groups in total. The van der Waals surface area contributed by atoms with Crippen molar-refractivity contribution < 1.29 is 13.2 Å². The van der Waals surface area contributed by atoms with Gasteiger partial charge in [0.05, 0.1) is 6.54 Å². The van der Waals surface area contributed by atoms with Crippen molar-refractivity contribution in [2.45, 2.75) is 32.0 Å². The molecule has 148 valence electrons. The summed E-state index contributed by atoms with van der Waals surface area (Å²) in [4.78, 5) is 5.95. The highest BCUT2D eigenvalue weighted by molar-refractivity contribution is 5.80. The Balaban J connectivity index is 1.54. The van der Waals surface area contributed by atoms with E-state index in [4.69, 9.17) is 0 Å². The van der Waals surface area contributed by atoms with Crippen LogP contribution in [0.25, 0.3) is 5.65 Å². The van der Waals surface area contributed by atoms with E-state index in [1.165, 1.54) is 4.90 Å². The first-order valence-corrected chi connectivity index (χ1v) is 9.07. The van der Waals surface area contributed by atoms with Gasteiger partial charge < -0.3 is 10.6 Å². The number of fused-ring (bicyclic) bond motifs is 1. The van der Waals surface area contributed by atoms with Gasteiger partial charge in [-0.3, -0.25) is 14.3 Å². The number of nitrogens with zero attached hydrogens (tertiary/aromatic N) is 5. The van der Waals surface area contributed by atoms with Crippen molar-refractivity contribution in [3.8, 4) is 0 Å². The van der Waals surface area contributed by atoms with E-state index in [-0.39, 0.29) is 6.04 Å². The molecule has 1 fully saturated rings. The Kier molecular flexibility index (Phi) is 6.15. The standard InChI is InChI=1S/C17H24F3N7/c1-2-21-16(23-13-7-10-26(11-13)12-17(18,19)20)22-8-6-15-25-24-14-5-3-4-9-27(14)15/h3-5,9,13H,2,6-8,10-12H2,1H3,(H2,21,22,23). The average molecular weight is 383 g/mol. The largest absolute Gasteiger partial charge is 0.401 e. The van der Waals surface area contributed by atoms with Gasteiger partial charge in [-0.2, -0.15) is 13.2 Å². The van der Waals surface area contributed by atoms with Gasteiger partial charge in [0.25, 0.3) is 0 Å². The van der Waals surface area contributed by atoms with E-state index in [0.29, 0.717) is 45.0 Å². The van der Waals surface area contributed by atoms with E-state index >= 15 is 0 Å². The Bertz CT molecular complexity index is 771. The Morgan fingerprint density at radius 1 is 1.33 bits per heavy atom. The lowest BCUT2D eigenvalue weighted by Gasteiger charge is -2.19. The SMILES string of the molecule is CCNC(=NCCc1nnc2ccccn12)NC1CCN(CC(F)(F)F)C1. The molecule has 2 aromatic heterocycles. The molecule has 7 nitrogen and oxygen atoms in total. The fraction of sp³-hybridized carbons (Fsp3) is 0.588. The van der Waals surface area contributed by atoms with Crippen LogP contribution in [0.3, 0.4) is 0 Å². The van der Waals surface area contributed by atoms with E-state index in [9.17, 15) is 13.2 Å². The predicted octanol–water partition coefficient (Wildman–Crippen LogP) is 1.46. The van der Waals surface area contributed by atoms with Crippen LogP contribution < -0.4 is 10.6 Å². The molecule has 3 rings (SSSR count). The quantitative estimate of drug-likeness (QED) is 0.584. The number of alkyl halides is 3. The molecular formula is C17H24F3N7. The van der Waals surface area contributed by atoms with Crippen molar-refractivity contribution in [3.05, 3.63) is 30.2 Å². The van der Waals surface area contributed by atoms with E-state index in [0.717, 1.165) is 11.5 Å². The van der Waals surface area contributed by atoms with Crippen LogP contribution in [0.1, 0.15) is 19.2 Å². The first-order valence-electron chi connectivity index (χ1n) is 9.07. The topological polar surface area (TPSA) is 69.8 Å².